The molecule has 3 nitrogen and oxygen atoms in total. The van der Waals surface area contributed by atoms with E-state index in [1.165, 1.54) is 11.3 Å². The lowest BCUT2D eigenvalue weighted by Gasteiger charge is -2.27. The molecular weight excluding hydrogens is 284 g/mol. The topological polar surface area (TPSA) is 24.5 Å². The number of benzene rings is 2. The number of fused-ring (bicyclic) bond motifs is 1. The first kappa shape index (κ1) is 15.9. The fourth-order valence-corrected chi connectivity index (χ4v) is 3.23. The van der Waals surface area contributed by atoms with E-state index in [-0.39, 0.29) is 0 Å². The zero-order valence-corrected chi connectivity index (χ0v) is 13.9. The Morgan fingerprint density at radius 3 is 2.70 bits per heavy atom. The zero-order chi connectivity index (χ0) is 15.9. The van der Waals surface area contributed by atoms with Crippen LogP contribution < -0.4 is 15.0 Å². The molecule has 0 bridgehead atoms. The number of para-hydroxylation sites is 2. The second kappa shape index (κ2) is 8.02. The van der Waals surface area contributed by atoms with Crippen LogP contribution in [-0.2, 0) is 0 Å². The standard InChI is InChI=1S/C20H26N2O/c1-2-21-18(17-9-4-3-5-10-17)13-15-22-14-8-16-23-20-12-7-6-11-19(20)22/h3-7,9-12,18,21H,2,8,13-16H2,1H3. The van der Waals surface area contributed by atoms with E-state index in [1.54, 1.807) is 0 Å². The molecule has 0 aromatic heterocycles. The Kier molecular flexibility index (Phi) is 5.54. The van der Waals surface area contributed by atoms with E-state index in [0.717, 1.165) is 44.8 Å². The third-order valence-corrected chi connectivity index (χ3v) is 4.38. The summed E-state index contributed by atoms with van der Waals surface area (Å²) in [5, 5.41) is 3.62. The van der Waals surface area contributed by atoms with Crippen molar-refractivity contribution in [3.05, 3.63) is 60.2 Å². The van der Waals surface area contributed by atoms with Gasteiger partial charge in [0, 0.05) is 19.1 Å². The number of ether oxygens (including phenoxy) is 1. The SMILES string of the molecule is CCNC(CCN1CCCOc2ccccc21)c1ccccc1. The quantitative estimate of drug-likeness (QED) is 0.872. The fourth-order valence-electron chi connectivity index (χ4n) is 3.23. The smallest absolute Gasteiger partial charge is 0.142 e. The summed E-state index contributed by atoms with van der Waals surface area (Å²) in [5.41, 5.74) is 2.60. The Labute approximate surface area is 139 Å². The molecule has 0 amide bonds. The van der Waals surface area contributed by atoms with Crippen LogP contribution in [0.2, 0.25) is 0 Å². The minimum atomic E-state index is 0.400. The van der Waals surface area contributed by atoms with Crippen molar-refractivity contribution in [2.75, 3.05) is 31.1 Å². The molecule has 3 heteroatoms. The second-order valence-corrected chi connectivity index (χ2v) is 5.97. The van der Waals surface area contributed by atoms with E-state index in [0.29, 0.717) is 6.04 Å². The predicted octanol–water partition coefficient (Wildman–Crippen LogP) is 4.02. The number of anilines is 1. The molecule has 23 heavy (non-hydrogen) atoms. The van der Waals surface area contributed by atoms with Crippen LogP contribution in [0.4, 0.5) is 5.69 Å². The summed E-state index contributed by atoms with van der Waals surface area (Å²) in [7, 11) is 0. The number of hydrogen-bond donors (Lipinski definition) is 1. The van der Waals surface area contributed by atoms with E-state index in [9.17, 15) is 0 Å². The summed E-state index contributed by atoms with van der Waals surface area (Å²) in [6.45, 7) is 6.06. The Morgan fingerprint density at radius 2 is 1.87 bits per heavy atom. The van der Waals surface area contributed by atoms with E-state index in [4.69, 9.17) is 4.74 Å². The Balaban J connectivity index is 1.71. The maximum atomic E-state index is 5.86. The third kappa shape index (κ3) is 4.05. The first-order valence-corrected chi connectivity index (χ1v) is 8.63. The minimum absolute atomic E-state index is 0.400. The van der Waals surface area contributed by atoms with Crippen LogP contribution >= 0.6 is 0 Å². The van der Waals surface area contributed by atoms with Gasteiger partial charge in [0.1, 0.15) is 5.75 Å². The molecule has 1 aliphatic heterocycles. The van der Waals surface area contributed by atoms with Gasteiger partial charge >= 0.3 is 0 Å². The van der Waals surface area contributed by atoms with Gasteiger partial charge in [-0.05, 0) is 37.1 Å². The zero-order valence-electron chi connectivity index (χ0n) is 13.9. The molecule has 0 aliphatic carbocycles. The first-order valence-electron chi connectivity index (χ1n) is 8.63. The normalized spacial score (nSPS) is 15.4. The monoisotopic (exact) mass is 310 g/mol. The minimum Gasteiger partial charge on any atom is -0.491 e. The summed E-state index contributed by atoms with van der Waals surface area (Å²) in [5.74, 6) is 1.02. The number of nitrogens with zero attached hydrogens (tertiary/aromatic N) is 1. The number of hydrogen-bond acceptors (Lipinski definition) is 3. The van der Waals surface area contributed by atoms with Crippen molar-refractivity contribution in [2.24, 2.45) is 0 Å². The highest BCUT2D eigenvalue weighted by Gasteiger charge is 2.18. The van der Waals surface area contributed by atoms with Gasteiger partial charge in [-0.25, -0.2) is 0 Å². The highest BCUT2D eigenvalue weighted by atomic mass is 16.5. The van der Waals surface area contributed by atoms with Crippen LogP contribution in [0.5, 0.6) is 5.75 Å². The van der Waals surface area contributed by atoms with Crippen molar-refractivity contribution in [3.8, 4) is 5.75 Å². The van der Waals surface area contributed by atoms with Gasteiger partial charge in [-0.15, -0.1) is 0 Å². The predicted molar refractivity (Wildman–Crippen MR) is 96.2 cm³/mol. The summed E-state index contributed by atoms with van der Waals surface area (Å²) >= 11 is 0. The Hall–Kier alpha value is -2.00. The van der Waals surface area contributed by atoms with Gasteiger partial charge in [-0.1, -0.05) is 49.4 Å². The first-order chi connectivity index (χ1) is 11.4. The maximum Gasteiger partial charge on any atom is 0.142 e. The van der Waals surface area contributed by atoms with Gasteiger partial charge in [-0.2, -0.15) is 0 Å². The molecule has 2 aromatic carbocycles. The lowest BCUT2D eigenvalue weighted by molar-refractivity contribution is 0.322. The maximum absolute atomic E-state index is 5.86. The Bertz CT molecular complexity index is 600. The van der Waals surface area contributed by atoms with Gasteiger partial charge in [0.25, 0.3) is 0 Å². The molecule has 1 atom stereocenters. The highest BCUT2D eigenvalue weighted by molar-refractivity contribution is 5.58. The van der Waals surface area contributed by atoms with E-state index >= 15 is 0 Å². The second-order valence-electron chi connectivity index (χ2n) is 5.97. The van der Waals surface area contributed by atoms with Crippen LogP contribution in [-0.4, -0.2) is 26.2 Å². The molecule has 122 valence electrons. The molecule has 0 saturated carbocycles. The van der Waals surface area contributed by atoms with Crippen molar-refractivity contribution in [1.29, 1.82) is 0 Å². The van der Waals surface area contributed by atoms with Crippen molar-refractivity contribution in [1.82, 2.24) is 5.32 Å². The molecule has 0 fully saturated rings. The molecular formula is C20H26N2O. The third-order valence-electron chi connectivity index (χ3n) is 4.38. The summed E-state index contributed by atoms with van der Waals surface area (Å²) in [6.07, 6.45) is 2.16. The highest BCUT2D eigenvalue weighted by Crippen LogP contribution is 2.31. The van der Waals surface area contributed by atoms with E-state index in [2.05, 4.69) is 65.7 Å². The van der Waals surface area contributed by atoms with Crippen molar-refractivity contribution >= 4 is 5.69 Å². The van der Waals surface area contributed by atoms with Crippen LogP contribution in [0.25, 0.3) is 0 Å². The van der Waals surface area contributed by atoms with Gasteiger partial charge < -0.3 is 15.0 Å². The lowest BCUT2D eigenvalue weighted by atomic mass is 10.0. The average molecular weight is 310 g/mol. The molecule has 0 saturated heterocycles. The van der Waals surface area contributed by atoms with Crippen LogP contribution in [0.1, 0.15) is 31.4 Å². The molecule has 1 unspecified atom stereocenters. The Morgan fingerprint density at radius 1 is 1.09 bits per heavy atom. The van der Waals surface area contributed by atoms with Crippen LogP contribution in [0.15, 0.2) is 54.6 Å². The molecule has 0 radical (unpaired) electrons. The van der Waals surface area contributed by atoms with Crippen molar-refractivity contribution in [2.45, 2.75) is 25.8 Å². The molecule has 1 N–H and O–H groups in total. The van der Waals surface area contributed by atoms with Crippen LogP contribution in [0.3, 0.4) is 0 Å². The summed E-state index contributed by atoms with van der Waals surface area (Å²) in [4.78, 5) is 2.47. The summed E-state index contributed by atoms with van der Waals surface area (Å²) < 4.78 is 5.86. The van der Waals surface area contributed by atoms with Gasteiger partial charge in [0.15, 0.2) is 0 Å². The van der Waals surface area contributed by atoms with Crippen molar-refractivity contribution in [3.63, 3.8) is 0 Å². The molecule has 2 aromatic rings. The van der Waals surface area contributed by atoms with Gasteiger partial charge in [0.2, 0.25) is 0 Å². The number of nitrogens with one attached hydrogen (secondary N) is 1. The van der Waals surface area contributed by atoms with E-state index < -0.39 is 0 Å². The van der Waals surface area contributed by atoms with Gasteiger partial charge in [-0.3, -0.25) is 0 Å². The molecule has 1 aliphatic rings. The van der Waals surface area contributed by atoms with Crippen molar-refractivity contribution < 1.29 is 4.74 Å². The molecule has 3 rings (SSSR count). The largest absolute Gasteiger partial charge is 0.491 e. The average Bonchev–Trinajstić information content (AvgIpc) is 2.82. The summed E-state index contributed by atoms with van der Waals surface area (Å²) in [6, 6.07) is 19.5. The number of rotatable bonds is 6. The fraction of sp³-hybridized carbons (Fsp3) is 0.400. The van der Waals surface area contributed by atoms with E-state index in [1.807, 2.05) is 6.07 Å². The molecule has 0 spiro atoms. The van der Waals surface area contributed by atoms with Crippen LogP contribution in [0, 0.1) is 0 Å². The van der Waals surface area contributed by atoms with Gasteiger partial charge in [0.05, 0.1) is 12.3 Å². The molecule has 1 heterocycles. The lowest BCUT2D eigenvalue weighted by Crippen LogP contribution is -2.30.